The van der Waals surface area contributed by atoms with E-state index in [-0.39, 0.29) is 11.9 Å². The van der Waals surface area contributed by atoms with Gasteiger partial charge in [0.25, 0.3) is 5.91 Å². The first-order valence-electron chi connectivity index (χ1n) is 9.49. The Morgan fingerprint density at radius 3 is 2.68 bits per heavy atom. The van der Waals surface area contributed by atoms with Gasteiger partial charge >= 0.3 is 0 Å². The van der Waals surface area contributed by atoms with Crippen molar-refractivity contribution >= 4 is 33.2 Å². The fourth-order valence-corrected chi connectivity index (χ4v) is 4.83. The average Bonchev–Trinajstić information content (AvgIpc) is 3.45. The third-order valence-corrected chi connectivity index (χ3v) is 6.74. The Balaban J connectivity index is 1.48. The third-order valence-electron chi connectivity index (χ3n) is 5.23. The molecule has 7 heteroatoms. The summed E-state index contributed by atoms with van der Waals surface area (Å²) in [5.41, 5.74) is 2.40. The SMILES string of the molecule is Cc1c(C(=O)NC[C@H](c2cccs2)N2CCCC2)cnn1-c1ccc(Br)cc1. The molecule has 1 aliphatic heterocycles. The number of likely N-dealkylation sites (tertiary alicyclic amines) is 1. The number of amides is 1. The van der Waals surface area contributed by atoms with Crippen LogP contribution >= 0.6 is 27.3 Å². The van der Waals surface area contributed by atoms with Gasteiger partial charge in [-0.25, -0.2) is 4.68 Å². The van der Waals surface area contributed by atoms with E-state index < -0.39 is 0 Å². The number of nitrogens with zero attached hydrogens (tertiary/aromatic N) is 3. The second-order valence-corrected chi connectivity index (χ2v) is 8.91. The lowest BCUT2D eigenvalue weighted by molar-refractivity contribution is 0.0938. The number of hydrogen-bond acceptors (Lipinski definition) is 4. The van der Waals surface area contributed by atoms with Crippen molar-refractivity contribution in [2.45, 2.75) is 25.8 Å². The highest BCUT2D eigenvalue weighted by Crippen LogP contribution is 2.28. The predicted molar refractivity (Wildman–Crippen MR) is 116 cm³/mol. The zero-order chi connectivity index (χ0) is 19.5. The van der Waals surface area contributed by atoms with Crippen molar-refractivity contribution in [3.8, 4) is 5.69 Å². The minimum atomic E-state index is -0.0679. The van der Waals surface area contributed by atoms with Crippen molar-refractivity contribution in [2.24, 2.45) is 0 Å². The van der Waals surface area contributed by atoms with E-state index in [2.05, 4.69) is 48.8 Å². The maximum Gasteiger partial charge on any atom is 0.254 e. The van der Waals surface area contributed by atoms with E-state index >= 15 is 0 Å². The zero-order valence-corrected chi connectivity index (χ0v) is 18.2. The molecule has 28 heavy (non-hydrogen) atoms. The highest BCUT2D eigenvalue weighted by atomic mass is 79.9. The molecule has 0 spiro atoms. The molecule has 1 fully saturated rings. The van der Waals surface area contributed by atoms with Gasteiger partial charge in [-0.15, -0.1) is 11.3 Å². The van der Waals surface area contributed by atoms with Crippen molar-refractivity contribution in [3.05, 3.63) is 68.6 Å². The molecule has 1 saturated heterocycles. The van der Waals surface area contributed by atoms with Crippen LogP contribution in [0.15, 0.2) is 52.4 Å². The molecular formula is C21H23BrN4OS. The van der Waals surface area contributed by atoms with Gasteiger partial charge in [-0.2, -0.15) is 5.10 Å². The van der Waals surface area contributed by atoms with E-state index in [1.165, 1.54) is 17.7 Å². The van der Waals surface area contributed by atoms with Crippen LogP contribution in [0.2, 0.25) is 0 Å². The normalized spacial score (nSPS) is 15.6. The number of nitrogens with one attached hydrogen (secondary N) is 1. The second-order valence-electron chi connectivity index (χ2n) is 7.02. The summed E-state index contributed by atoms with van der Waals surface area (Å²) in [6.07, 6.45) is 4.12. The zero-order valence-electron chi connectivity index (χ0n) is 15.8. The first-order chi connectivity index (χ1) is 13.6. The maximum absolute atomic E-state index is 12.9. The summed E-state index contributed by atoms with van der Waals surface area (Å²) in [4.78, 5) is 16.7. The van der Waals surface area contributed by atoms with E-state index in [9.17, 15) is 4.79 Å². The van der Waals surface area contributed by atoms with Crippen LogP contribution in [0.25, 0.3) is 5.69 Å². The third kappa shape index (κ3) is 4.06. The highest BCUT2D eigenvalue weighted by Gasteiger charge is 2.25. The van der Waals surface area contributed by atoms with Crippen LogP contribution in [0.4, 0.5) is 0 Å². The van der Waals surface area contributed by atoms with Crippen molar-refractivity contribution in [3.63, 3.8) is 0 Å². The van der Waals surface area contributed by atoms with E-state index in [0.717, 1.165) is 28.9 Å². The van der Waals surface area contributed by atoms with Gasteiger partial charge in [0, 0.05) is 15.9 Å². The van der Waals surface area contributed by atoms with Crippen LogP contribution in [-0.2, 0) is 0 Å². The Bertz CT molecular complexity index is 930. The average molecular weight is 459 g/mol. The highest BCUT2D eigenvalue weighted by molar-refractivity contribution is 9.10. The molecule has 1 atom stereocenters. The van der Waals surface area contributed by atoms with Gasteiger partial charge in [-0.1, -0.05) is 22.0 Å². The quantitative estimate of drug-likeness (QED) is 0.588. The van der Waals surface area contributed by atoms with Crippen LogP contribution in [0.1, 0.15) is 39.8 Å². The Kier molecular flexibility index (Phi) is 5.94. The molecule has 4 rings (SSSR count). The summed E-state index contributed by atoms with van der Waals surface area (Å²) >= 11 is 5.20. The summed E-state index contributed by atoms with van der Waals surface area (Å²) < 4.78 is 2.82. The second kappa shape index (κ2) is 8.59. The minimum Gasteiger partial charge on any atom is -0.350 e. The topological polar surface area (TPSA) is 50.2 Å². The van der Waals surface area contributed by atoms with Gasteiger partial charge in [0.15, 0.2) is 0 Å². The Hall–Kier alpha value is -1.96. The van der Waals surface area contributed by atoms with Gasteiger partial charge in [0.1, 0.15) is 0 Å². The molecule has 5 nitrogen and oxygen atoms in total. The summed E-state index contributed by atoms with van der Waals surface area (Å²) in [5, 5.41) is 9.67. The number of carbonyl (C=O) groups excluding carboxylic acids is 1. The Labute approximate surface area is 177 Å². The molecule has 0 aliphatic carbocycles. The van der Waals surface area contributed by atoms with Gasteiger partial charge in [0.2, 0.25) is 0 Å². The van der Waals surface area contributed by atoms with Crippen molar-refractivity contribution < 1.29 is 4.79 Å². The summed E-state index contributed by atoms with van der Waals surface area (Å²) in [5.74, 6) is -0.0679. The van der Waals surface area contributed by atoms with E-state index in [0.29, 0.717) is 12.1 Å². The minimum absolute atomic E-state index is 0.0679. The smallest absolute Gasteiger partial charge is 0.254 e. The van der Waals surface area contributed by atoms with Gasteiger partial charge in [-0.05, 0) is 68.6 Å². The molecule has 0 bridgehead atoms. The first kappa shape index (κ1) is 19.4. The predicted octanol–water partition coefficient (Wildman–Crippen LogP) is 4.57. The van der Waals surface area contributed by atoms with Crippen LogP contribution in [0, 0.1) is 6.92 Å². The molecule has 3 heterocycles. The molecular weight excluding hydrogens is 436 g/mol. The molecule has 0 unspecified atom stereocenters. The number of hydrogen-bond donors (Lipinski definition) is 1. The number of rotatable bonds is 6. The van der Waals surface area contributed by atoms with Crippen LogP contribution < -0.4 is 5.32 Å². The van der Waals surface area contributed by atoms with Crippen molar-refractivity contribution in [2.75, 3.05) is 19.6 Å². The summed E-state index contributed by atoms with van der Waals surface area (Å²) in [7, 11) is 0. The Morgan fingerprint density at radius 1 is 1.25 bits per heavy atom. The Morgan fingerprint density at radius 2 is 2.00 bits per heavy atom. The largest absolute Gasteiger partial charge is 0.350 e. The number of thiophene rings is 1. The molecule has 1 N–H and O–H groups in total. The molecule has 1 amide bonds. The molecule has 1 aliphatic rings. The molecule has 0 saturated carbocycles. The summed E-state index contributed by atoms with van der Waals surface area (Å²) in [6, 6.07) is 12.4. The fourth-order valence-electron chi connectivity index (χ4n) is 3.70. The van der Waals surface area contributed by atoms with Gasteiger partial charge in [0.05, 0.1) is 29.2 Å². The van der Waals surface area contributed by atoms with E-state index in [4.69, 9.17) is 0 Å². The lowest BCUT2D eigenvalue weighted by Gasteiger charge is -2.26. The van der Waals surface area contributed by atoms with Crippen molar-refractivity contribution in [1.82, 2.24) is 20.0 Å². The lowest BCUT2D eigenvalue weighted by atomic mass is 10.2. The molecule has 146 valence electrons. The monoisotopic (exact) mass is 458 g/mol. The van der Waals surface area contributed by atoms with Crippen LogP contribution in [0.5, 0.6) is 0 Å². The van der Waals surface area contributed by atoms with Crippen molar-refractivity contribution in [1.29, 1.82) is 0 Å². The molecule has 2 aromatic heterocycles. The molecule has 3 aromatic rings. The number of aromatic nitrogens is 2. The van der Waals surface area contributed by atoms with Crippen LogP contribution in [-0.4, -0.2) is 40.2 Å². The van der Waals surface area contributed by atoms with Crippen LogP contribution in [0.3, 0.4) is 0 Å². The van der Waals surface area contributed by atoms with E-state index in [1.54, 1.807) is 22.2 Å². The van der Waals surface area contributed by atoms with Gasteiger partial charge < -0.3 is 5.32 Å². The first-order valence-corrected chi connectivity index (χ1v) is 11.2. The van der Waals surface area contributed by atoms with Gasteiger partial charge in [-0.3, -0.25) is 9.69 Å². The number of benzene rings is 1. The number of halogens is 1. The standard InChI is InChI=1S/C21H23BrN4OS/c1-15-18(13-24-26(15)17-8-6-16(22)7-9-17)21(27)23-14-19(20-5-4-12-28-20)25-10-2-3-11-25/h4-9,12-13,19H,2-3,10-11,14H2,1H3,(H,23,27)/t19-/m1/s1. The fraction of sp³-hybridized carbons (Fsp3) is 0.333. The van der Waals surface area contributed by atoms with E-state index in [1.807, 2.05) is 31.2 Å². The molecule has 0 radical (unpaired) electrons. The number of carbonyl (C=O) groups is 1. The molecule has 1 aromatic carbocycles. The summed E-state index contributed by atoms with van der Waals surface area (Å²) in [6.45, 7) is 4.74. The lowest BCUT2D eigenvalue weighted by Crippen LogP contribution is -2.36. The maximum atomic E-state index is 12.9.